The third kappa shape index (κ3) is 4.68. The third-order valence-electron chi connectivity index (χ3n) is 5.19. The average Bonchev–Trinajstić information content (AvgIpc) is 2.88. The van der Waals surface area contributed by atoms with E-state index in [1.54, 1.807) is 0 Å². The maximum absolute atomic E-state index is 12.1. The largest absolute Gasteiger partial charge is 0.468 e. The van der Waals surface area contributed by atoms with Crippen molar-refractivity contribution in [1.29, 1.82) is 0 Å². The van der Waals surface area contributed by atoms with Gasteiger partial charge in [-0.15, -0.1) is 0 Å². The third-order valence-corrected chi connectivity index (χ3v) is 5.19. The van der Waals surface area contributed by atoms with E-state index in [9.17, 15) is 4.79 Å². The number of methoxy groups -OCH3 is 1. The van der Waals surface area contributed by atoms with Crippen LogP contribution in [0.15, 0.2) is 0 Å². The molecule has 1 rings (SSSR count). The van der Waals surface area contributed by atoms with Gasteiger partial charge in [-0.25, -0.2) is 0 Å². The summed E-state index contributed by atoms with van der Waals surface area (Å²) in [7, 11) is 1.47. The Balaban J connectivity index is 2.60. The van der Waals surface area contributed by atoms with Crippen molar-refractivity contribution in [2.24, 2.45) is 5.41 Å². The predicted molar refractivity (Wildman–Crippen MR) is 87.4 cm³/mol. The van der Waals surface area contributed by atoms with Gasteiger partial charge in [-0.1, -0.05) is 13.8 Å². The van der Waals surface area contributed by atoms with Gasteiger partial charge >= 0.3 is 5.97 Å². The van der Waals surface area contributed by atoms with Crippen LogP contribution in [0, 0.1) is 5.41 Å². The van der Waals surface area contributed by atoms with Crippen molar-refractivity contribution in [1.82, 2.24) is 10.2 Å². The van der Waals surface area contributed by atoms with E-state index in [0.29, 0.717) is 5.41 Å². The molecule has 4 heteroatoms. The average molecular weight is 298 g/mol. The van der Waals surface area contributed by atoms with Crippen molar-refractivity contribution in [2.45, 2.75) is 71.9 Å². The summed E-state index contributed by atoms with van der Waals surface area (Å²) >= 11 is 0. The van der Waals surface area contributed by atoms with Gasteiger partial charge in [0.2, 0.25) is 0 Å². The molecule has 4 nitrogen and oxygen atoms in total. The lowest BCUT2D eigenvalue weighted by molar-refractivity contribution is -0.148. The van der Waals surface area contributed by atoms with E-state index in [-0.39, 0.29) is 12.0 Å². The van der Waals surface area contributed by atoms with Crippen LogP contribution in [-0.2, 0) is 9.53 Å². The monoisotopic (exact) mass is 298 g/mol. The molecule has 0 radical (unpaired) electrons. The van der Waals surface area contributed by atoms with Crippen molar-refractivity contribution in [2.75, 3.05) is 26.7 Å². The zero-order valence-corrected chi connectivity index (χ0v) is 14.8. The van der Waals surface area contributed by atoms with Crippen molar-refractivity contribution < 1.29 is 9.53 Å². The van der Waals surface area contributed by atoms with Gasteiger partial charge in [-0.3, -0.25) is 10.1 Å². The molecule has 21 heavy (non-hydrogen) atoms. The van der Waals surface area contributed by atoms with Gasteiger partial charge in [0.15, 0.2) is 0 Å². The van der Waals surface area contributed by atoms with Crippen molar-refractivity contribution in [3.63, 3.8) is 0 Å². The van der Waals surface area contributed by atoms with E-state index < -0.39 is 5.54 Å². The normalized spacial score (nSPS) is 21.5. The molecule has 1 fully saturated rings. The van der Waals surface area contributed by atoms with E-state index in [0.717, 1.165) is 19.5 Å². The highest BCUT2D eigenvalue weighted by molar-refractivity contribution is 5.80. The van der Waals surface area contributed by atoms with E-state index in [4.69, 9.17) is 4.74 Å². The molecule has 0 bridgehead atoms. The minimum Gasteiger partial charge on any atom is -0.468 e. The fraction of sp³-hybridized carbons (Fsp3) is 0.941. The molecule has 1 saturated heterocycles. The Morgan fingerprint density at radius 3 is 2.43 bits per heavy atom. The summed E-state index contributed by atoms with van der Waals surface area (Å²) in [4.78, 5) is 14.6. The number of rotatable bonds is 8. The highest BCUT2D eigenvalue weighted by Gasteiger charge is 2.38. The maximum atomic E-state index is 12.1. The van der Waals surface area contributed by atoms with Crippen LogP contribution in [0.3, 0.4) is 0 Å². The highest BCUT2D eigenvalue weighted by atomic mass is 16.5. The second-order valence-electron chi connectivity index (χ2n) is 7.11. The van der Waals surface area contributed by atoms with Crippen LogP contribution in [0.1, 0.15) is 60.3 Å². The summed E-state index contributed by atoms with van der Waals surface area (Å²) in [5.74, 6) is -0.160. The van der Waals surface area contributed by atoms with E-state index >= 15 is 0 Å². The lowest BCUT2D eigenvalue weighted by atomic mass is 9.82. The first-order valence-corrected chi connectivity index (χ1v) is 8.39. The quantitative estimate of drug-likeness (QED) is 0.700. The molecule has 0 aromatic carbocycles. The van der Waals surface area contributed by atoms with Gasteiger partial charge in [0.1, 0.15) is 5.54 Å². The molecule has 0 spiro atoms. The second kappa shape index (κ2) is 7.59. The number of carbonyl (C=O) groups excluding carboxylic acids is 1. The standard InChI is InChI=1S/C17H34N2O2/c1-7-17(8-2)10-12-19(13-17)11-9-16(5,15(20)21-6)18-14(3)4/h14,18H,7-13H2,1-6H3. The molecule has 1 N–H and O–H groups in total. The van der Waals surface area contributed by atoms with Gasteiger partial charge < -0.3 is 9.64 Å². The molecule has 1 aliphatic rings. The van der Waals surface area contributed by atoms with E-state index in [1.165, 1.54) is 32.9 Å². The summed E-state index contributed by atoms with van der Waals surface area (Å²) in [6.45, 7) is 14.0. The number of carbonyl (C=O) groups is 1. The number of ether oxygens (including phenoxy) is 1. The first kappa shape index (κ1) is 18.4. The molecule has 0 aromatic rings. The van der Waals surface area contributed by atoms with Crippen molar-refractivity contribution >= 4 is 5.97 Å². The number of esters is 1. The molecule has 0 saturated carbocycles. The van der Waals surface area contributed by atoms with Gasteiger partial charge in [0, 0.05) is 19.1 Å². The molecular weight excluding hydrogens is 264 g/mol. The molecule has 0 amide bonds. The van der Waals surface area contributed by atoms with Crippen LogP contribution < -0.4 is 5.32 Å². The Morgan fingerprint density at radius 2 is 2.00 bits per heavy atom. The molecule has 1 atom stereocenters. The van der Waals surface area contributed by atoms with Crippen LogP contribution >= 0.6 is 0 Å². The van der Waals surface area contributed by atoms with Crippen molar-refractivity contribution in [3.05, 3.63) is 0 Å². The Hall–Kier alpha value is -0.610. The number of hydrogen-bond donors (Lipinski definition) is 1. The smallest absolute Gasteiger partial charge is 0.325 e. The first-order valence-electron chi connectivity index (χ1n) is 8.39. The highest BCUT2D eigenvalue weighted by Crippen LogP contribution is 2.37. The minimum atomic E-state index is -0.591. The van der Waals surface area contributed by atoms with Crippen LogP contribution in [0.4, 0.5) is 0 Å². The number of nitrogens with zero attached hydrogens (tertiary/aromatic N) is 1. The summed E-state index contributed by atoms with van der Waals surface area (Å²) < 4.78 is 4.99. The fourth-order valence-corrected chi connectivity index (χ4v) is 3.52. The Morgan fingerprint density at radius 1 is 1.38 bits per heavy atom. The summed E-state index contributed by atoms with van der Waals surface area (Å²) in [5.41, 5.74) is -0.0975. The Bertz CT molecular complexity index is 340. The Labute approximate surface area is 130 Å². The van der Waals surface area contributed by atoms with E-state index in [1.807, 2.05) is 6.92 Å². The first-order chi connectivity index (χ1) is 9.80. The number of nitrogens with one attached hydrogen (secondary N) is 1. The lowest BCUT2D eigenvalue weighted by Gasteiger charge is -2.32. The van der Waals surface area contributed by atoms with Crippen LogP contribution in [0.25, 0.3) is 0 Å². The molecule has 0 aliphatic carbocycles. The minimum absolute atomic E-state index is 0.160. The predicted octanol–water partition coefficient (Wildman–Crippen LogP) is 2.82. The number of likely N-dealkylation sites (tertiary alicyclic amines) is 1. The second-order valence-corrected chi connectivity index (χ2v) is 7.11. The summed E-state index contributed by atoms with van der Waals surface area (Å²) in [6.07, 6.45) is 4.57. The lowest BCUT2D eigenvalue weighted by Crippen LogP contribution is -2.54. The molecule has 1 aliphatic heterocycles. The fourth-order valence-electron chi connectivity index (χ4n) is 3.52. The van der Waals surface area contributed by atoms with Gasteiger partial charge in [-0.05, 0) is 58.4 Å². The summed E-state index contributed by atoms with van der Waals surface area (Å²) in [5, 5.41) is 3.38. The Kier molecular flexibility index (Phi) is 6.67. The van der Waals surface area contributed by atoms with E-state index in [2.05, 4.69) is 37.9 Å². The number of hydrogen-bond acceptors (Lipinski definition) is 4. The molecule has 124 valence electrons. The molecule has 1 unspecified atom stereocenters. The maximum Gasteiger partial charge on any atom is 0.325 e. The van der Waals surface area contributed by atoms with Gasteiger partial charge in [0.25, 0.3) is 0 Å². The van der Waals surface area contributed by atoms with Crippen LogP contribution in [0.2, 0.25) is 0 Å². The zero-order chi connectivity index (χ0) is 16.1. The topological polar surface area (TPSA) is 41.6 Å². The van der Waals surface area contributed by atoms with Gasteiger partial charge in [0.05, 0.1) is 7.11 Å². The van der Waals surface area contributed by atoms with Gasteiger partial charge in [-0.2, -0.15) is 0 Å². The zero-order valence-electron chi connectivity index (χ0n) is 14.8. The summed E-state index contributed by atoms with van der Waals surface area (Å²) in [6, 6.07) is 0.262. The van der Waals surface area contributed by atoms with Crippen LogP contribution in [0.5, 0.6) is 0 Å². The molecular formula is C17H34N2O2. The molecule has 1 heterocycles. The van der Waals surface area contributed by atoms with Crippen LogP contribution in [-0.4, -0.2) is 49.2 Å². The SMILES string of the molecule is CCC1(CC)CCN(CCC(C)(NC(C)C)C(=O)OC)C1. The van der Waals surface area contributed by atoms with Crippen molar-refractivity contribution in [3.8, 4) is 0 Å². The molecule has 0 aromatic heterocycles.